The average Bonchev–Trinajstić information content (AvgIpc) is 2.69. The van der Waals surface area contributed by atoms with Crippen molar-refractivity contribution in [3.05, 3.63) is 84.1 Å². The zero-order valence-electron chi connectivity index (χ0n) is 14.7. The normalized spacial score (nSPS) is 18.0. The molecule has 0 aliphatic carbocycles. The van der Waals surface area contributed by atoms with Crippen LogP contribution in [0.2, 0.25) is 0 Å². The Balaban J connectivity index is 1.52. The SMILES string of the molecule is Fc1ccccc1-c1cccc(C2CCCN(Cc3cccnc3)C2)n1. The monoisotopic (exact) mass is 347 g/mol. The highest BCUT2D eigenvalue weighted by Gasteiger charge is 2.23. The minimum absolute atomic E-state index is 0.223. The van der Waals surface area contributed by atoms with E-state index in [0.29, 0.717) is 17.2 Å². The molecule has 1 saturated heterocycles. The number of benzene rings is 1. The first kappa shape index (κ1) is 16.9. The lowest BCUT2D eigenvalue weighted by Crippen LogP contribution is -2.34. The number of likely N-dealkylation sites (tertiary alicyclic amines) is 1. The summed E-state index contributed by atoms with van der Waals surface area (Å²) in [6.45, 7) is 2.98. The van der Waals surface area contributed by atoms with E-state index in [9.17, 15) is 4.39 Å². The van der Waals surface area contributed by atoms with E-state index < -0.39 is 0 Å². The van der Waals surface area contributed by atoms with E-state index in [2.05, 4.69) is 22.0 Å². The van der Waals surface area contributed by atoms with Crippen LogP contribution >= 0.6 is 0 Å². The third-order valence-electron chi connectivity index (χ3n) is 4.97. The molecule has 26 heavy (non-hydrogen) atoms. The summed E-state index contributed by atoms with van der Waals surface area (Å²) in [5.41, 5.74) is 3.57. The number of hydrogen-bond acceptors (Lipinski definition) is 3. The van der Waals surface area contributed by atoms with Gasteiger partial charge >= 0.3 is 0 Å². The number of pyridine rings is 2. The topological polar surface area (TPSA) is 29.0 Å². The van der Waals surface area contributed by atoms with E-state index in [1.807, 2.05) is 30.5 Å². The summed E-state index contributed by atoms with van der Waals surface area (Å²) in [5, 5.41) is 0. The predicted octanol–water partition coefficient (Wildman–Crippen LogP) is 4.66. The van der Waals surface area contributed by atoms with Gasteiger partial charge in [-0.25, -0.2) is 4.39 Å². The minimum atomic E-state index is -0.223. The highest BCUT2D eigenvalue weighted by atomic mass is 19.1. The summed E-state index contributed by atoms with van der Waals surface area (Å²) in [4.78, 5) is 11.5. The molecule has 0 bridgehead atoms. The molecule has 1 fully saturated rings. The second-order valence-corrected chi connectivity index (χ2v) is 6.86. The van der Waals surface area contributed by atoms with Crippen LogP contribution in [0, 0.1) is 5.82 Å². The van der Waals surface area contributed by atoms with Gasteiger partial charge in [-0.1, -0.05) is 24.3 Å². The lowest BCUT2D eigenvalue weighted by Gasteiger charge is -2.32. The number of rotatable bonds is 4. The van der Waals surface area contributed by atoms with Gasteiger partial charge in [0.15, 0.2) is 0 Å². The lowest BCUT2D eigenvalue weighted by atomic mass is 9.93. The third kappa shape index (κ3) is 3.81. The van der Waals surface area contributed by atoms with Gasteiger partial charge in [0.05, 0.1) is 5.69 Å². The molecular formula is C22H22FN3. The van der Waals surface area contributed by atoms with E-state index in [-0.39, 0.29) is 5.82 Å². The Morgan fingerprint density at radius 2 is 1.96 bits per heavy atom. The van der Waals surface area contributed by atoms with Crippen LogP contribution in [0.3, 0.4) is 0 Å². The van der Waals surface area contributed by atoms with Crippen LogP contribution in [-0.2, 0) is 6.54 Å². The zero-order valence-corrected chi connectivity index (χ0v) is 14.7. The number of nitrogens with zero attached hydrogens (tertiary/aromatic N) is 3. The molecule has 4 heteroatoms. The molecule has 0 radical (unpaired) electrons. The largest absolute Gasteiger partial charge is 0.298 e. The van der Waals surface area contributed by atoms with Gasteiger partial charge in [-0.05, 0) is 55.3 Å². The molecule has 3 nitrogen and oxygen atoms in total. The standard InChI is InChI=1S/C22H22FN3/c23-20-9-2-1-8-19(20)22-11-3-10-21(25-22)18-7-5-13-26(16-18)15-17-6-4-12-24-14-17/h1-4,6,8-12,14,18H,5,7,13,15-16H2. The molecule has 3 heterocycles. The Hall–Kier alpha value is -2.59. The fourth-order valence-electron chi connectivity index (χ4n) is 3.69. The molecule has 132 valence electrons. The van der Waals surface area contributed by atoms with Crippen molar-refractivity contribution in [1.82, 2.24) is 14.9 Å². The van der Waals surface area contributed by atoms with Gasteiger partial charge in [-0.2, -0.15) is 0 Å². The van der Waals surface area contributed by atoms with Crippen LogP contribution in [0.5, 0.6) is 0 Å². The summed E-state index contributed by atoms with van der Waals surface area (Å²) >= 11 is 0. The third-order valence-corrected chi connectivity index (χ3v) is 4.97. The summed E-state index contributed by atoms with van der Waals surface area (Å²) in [6, 6.07) is 16.9. The number of hydrogen-bond donors (Lipinski definition) is 0. The van der Waals surface area contributed by atoms with Crippen molar-refractivity contribution in [2.24, 2.45) is 0 Å². The first-order valence-electron chi connectivity index (χ1n) is 9.13. The molecule has 1 aromatic carbocycles. The molecule has 0 amide bonds. The highest BCUT2D eigenvalue weighted by Crippen LogP contribution is 2.29. The van der Waals surface area contributed by atoms with Gasteiger partial charge in [0.1, 0.15) is 5.82 Å². The molecule has 1 atom stereocenters. The van der Waals surface area contributed by atoms with E-state index in [1.165, 1.54) is 11.6 Å². The van der Waals surface area contributed by atoms with Crippen LogP contribution in [-0.4, -0.2) is 28.0 Å². The maximum Gasteiger partial charge on any atom is 0.132 e. The van der Waals surface area contributed by atoms with Crippen LogP contribution < -0.4 is 0 Å². The van der Waals surface area contributed by atoms with Crippen LogP contribution in [0.25, 0.3) is 11.3 Å². The van der Waals surface area contributed by atoms with Crippen molar-refractivity contribution in [2.75, 3.05) is 13.1 Å². The predicted molar refractivity (Wildman–Crippen MR) is 101 cm³/mol. The second-order valence-electron chi connectivity index (χ2n) is 6.86. The maximum atomic E-state index is 14.1. The van der Waals surface area contributed by atoms with Gasteiger partial charge in [0.2, 0.25) is 0 Å². The van der Waals surface area contributed by atoms with Crippen molar-refractivity contribution in [2.45, 2.75) is 25.3 Å². The molecule has 1 aliphatic rings. The van der Waals surface area contributed by atoms with Crippen molar-refractivity contribution >= 4 is 0 Å². The zero-order chi connectivity index (χ0) is 17.8. The Morgan fingerprint density at radius 1 is 1.04 bits per heavy atom. The van der Waals surface area contributed by atoms with Gasteiger partial charge in [-0.3, -0.25) is 14.9 Å². The number of halogens is 1. The molecule has 1 unspecified atom stereocenters. The van der Waals surface area contributed by atoms with Crippen molar-refractivity contribution in [3.63, 3.8) is 0 Å². The molecule has 1 aliphatic heterocycles. The highest BCUT2D eigenvalue weighted by molar-refractivity contribution is 5.59. The fourth-order valence-corrected chi connectivity index (χ4v) is 3.69. The van der Waals surface area contributed by atoms with Gasteiger partial charge < -0.3 is 0 Å². The van der Waals surface area contributed by atoms with Crippen molar-refractivity contribution in [1.29, 1.82) is 0 Å². The Kier molecular flexibility index (Phi) is 5.02. The molecule has 0 N–H and O–H groups in total. The lowest BCUT2D eigenvalue weighted by molar-refractivity contribution is 0.198. The van der Waals surface area contributed by atoms with Crippen LogP contribution in [0.1, 0.15) is 30.0 Å². The first-order valence-corrected chi connectivity index (χ1v) is 9.13. The van der Waals surface area contributed by atoms with Crippen LogP contribution in [0.15, 0.2) is 67.0 Å². The average molecular weight is 347 g/mol. The van der Waals surface area contributed by atoms with E-state index >= 15 is 0 Å². The molecule has 2 aromatic heterocycles. The summed E-state index contributed by atoms with van der Waals surface area (Å²) in [7, 11) is 0. The van der Waals surface area contributed by atoms with E-state index in [0.717, 1.165) is 38.2 Å². The van der Waals surface area contributed by atoms with Crippen LogP contribution in [0.4, 0.5) is 4.39 Å². The summed E-state index contributed by atoms with van der Waals surface area (Å²) in [6.07, 6.45) is 6.01. The molecule has 0 spiro atoms. The molecule has 3 aromatic rings. The first-order chi connectivity index (χ1) is 12.8. The molecular weight excluding hydrogens is 325 g/mol. The van der Waals surface area contributed by atoms with E-state index in [4.69, 9.17) is 4.98 Å². The summed E-state index contributed by atoms with van der Waals surface area (Å²) in [5.74, 6) is 0.158. The van der Waals surface area contributed by atoms with E-state index in [1.54, 1.807) is 18.3 Å². The Morgan fingerprint density at radius 3 is 2.81 bits per heavy atom. The number of piperidine rings is 1. The van der Waals surface area contributed by atoms with Crippen molar-refractivity contribution < 1.29 is 4.39 Å². The van der Waals surface area contributed by atoms with Gasteiger partial charge in [-0.15, -0.1) is 0 Å². The maximum absolute atomic E-state index is 14.1. The Labute approximate surface area is 153 Å². The fraction of sp³-hybridized carbons (Fsp3) is 0.273. The second kappa shape index (κ2) is 7.75. The van der Waals surface area contributed by atoms with Gasteiger partial charge in [0, 0.05) is 42.7 Å². The quantitative estimate of drug-likeness (QED) is 0.687. The molecule has 4 rings (SSSR count). The summed E-state index contributed by atoms with van der Waals surface area (Å²) < 4.78 is 14.1. The smallest absolute Gasteiger partial charge is 0.132 e. The Bertz CT molecular complexity index is 866. The number of aromatic nitrogens is 2. The van der Waals surface area contributed by atoms with Gasteiger partial charge in [0.25, 0.3) is 0 Å². The van der Waals surface area contributed by atoms with Crippen molar-refractivity contribution in [3.8, 4) is 11.3 Å². The minimum Gasteiger partial charge on any atom is -0.298 e. The molecule has 0 saturated carbocycles.